The fourth-order valence-corrected chi connectivity index (χ4v) is 2.59. The highest BCUT2D eigenvalue weighted by Gasteiger charge is 2.20. The summed E-state index contributed by atoms with van der Waals surface area (Å²) in [5.41, 5.74) is 9.95. The fraction of sp³-hybridized carbons (Fsp3) is 0.529. The molecule has 1 heteroatoms. The third kappa shape index (κ3) is 4.21. The van der Waals surface area contributed by atoms with Crippen molar-refractivity contribution in [2.45, 2.75) is 53.4 Å². The smallest absolute Gasteiger partial charge is 0.0390 e. The molecule has 1 aromatic carbocycles. The SMILES string of the molecule is CC/C=C(\CC(C)(C)CCC)c1ccccc1N. The summed E-state index contributed by atoms with van der Waals surface area (Å²) in [5, 5.41) is 0. The van der Waals surface area contributed by atoms with Crippen molar-refractivity contribution in [3.63, 3.8) is 0 Å². The van der Waals surface area contributed by atoms with Gasteiger partial charge in [0.25, 0.3) is 0 Å². The van der Waals surface area contributed by atoms with Crippen LogP contribution in [0.1, 0.15) is 58.9 Å². The molecule has 0 spiro atoms. The van der Waals surface area contributed by atoms with Gasteiger partial charge in [0.2, 0.25) is 0 Å². The first-order chi connectivity index (χ1) is 8.50. The summed E-state index contributed by atoms with van der Waals surface area (Å²) in [7, 11) is 0. The maximum absolute atomic E-state index is 6.10. The number of hydrogen-bond acceptors (Lipinski definition) is 1. The van der Waals surface area contributed by atoms with E-state index in [1.807, 2.05) is 12.1 Å². The van der Waals surface area contributed by atoms with Crippen molar-refractivity contribution in [1.82, 2.24) is 0 Å². The summed E-state index contributed by atoms with van der Waals surface area (Å²) in [6.45, 7) is 9.13. The molecule has 0 unspecified atom stereocenters. The number of hydrogen-bond donors (Lipinski definition) is 1. The molecule has 0 aliphatic rings. The van der Waals surface area contributed by atoms with Gasteiger partial charge in [-0.25, -0.2) is 0 Å². The van der Waals surface area contributed by atoms with Crippen LogP contribution in [-0.2, 0) is 0 Å². The summed E-state index contributed by atoms with van der Waals surface area (Å²) >= 11 is 0. The second-order valence-electron chi connectivity index (χ2n) is 5.82. The molecule has 0 fully saturated rings. The average Bonchev–Trinajstić information content (AvgIpc) is 2.28. The number of rotatable bonds is 6. The molecule has 0 aliphatic heterocycles. The number of nitrogen functional groups attached to an aromatic ring is 1. The van der Waals surface area contributed by atoms with Gasteiger partial charge in [-0.1, -0.05) is 58.4 Å². The van der Waals surface area contributed by atoms with Crippen LogP contribution in [0, 0.1) is 5.41 Å². The van der Waals surface area contributed by atoms with Gasteiger partial charge in [-0.15, -0.1) is 0 Å². The first-order valence-corrected chi connectivity index (χ1v) is 7.04. The van der Waals surface area contributed by atoms with Crippen molar-refractivity contribution in [2.75, 3.05) is 5.73 Å². The van der Waals surface area contributed by atoms with Crippen LogP contribution in [0.25, 0.3) is 5.57 Å². The van der Waals surface area contributed by atoms with Gasteiger partial charge in [-0.05, 0) is 36.3 Å². The summed E-state index contributed by atoms with van der Waals surface area (Å²) in [6, 6.07) is 8.20. The zero-order valence-electron chi connectivity index (χ0n) is 12.3. The minimum Gasteiger partial charge on any atom is -0.398 e. The number of anilines is 1. The lowest BCUT2D eigenvalue weighted by Gasteiger charge is -2.26. The van der Waals surface area contributed by atoms with Gasteiger partial charge in [-0.3, -0.25) is 0 Å². The highest BCUT2D eigenvalue weighted by atomic mass is 14.6. The molecule has 0 heterocycles. The minimum absolute atomic E-state index is 0.345. The van der Waals surface area contributed by atoms with Crippen LogP contribution in [0.15, 0.2) is 30.3 Å². The normalized spacial score (nSPS) is 12.8. The number of para-hydroxylation sites is 1. The van der Waals surface area contributed by atoms with E-state index in [1.165, 1.54) is 24.0 Å². The van der Waals surface area contributed by atoms with Crippen molar-refractivity contribution < 1.29 is 0 Å². The molecule has 0 bridgehead atoms. The van der Waals surface area contributed by atoms with Crippen molar-refractivity contribution in [3.8, 4) is 0 Å². The van der Waals surface area contributed by atoms with Crippen molar-refractivity contribution in [1.29, 1.82) is 0 Å². The van der Waals surface area contributed by atoms with Gasteiger partial charge < -0.3 is 5.73 Å². The molecular formula is C17H27N. The Bertz CT molecular complexity index is 402. The fourth-order valence-electron chi connectivity index (χ4n) is 2.59. The van der Waals surface area contributed by atoms with Crippen molar-refractivity contribution >= 4 is 11.3 Å². The molecule has 0 saturated carbocycles. The lowest BCUT2D eigenvalue weighted by atomic mass is 9.79. The molecule has 100 valence electrons. The zero-order chi connectivity index (χ0) is 13.6. The zero-order valence-corrected chi connectivity index (χ0v) is 12.3. The Labute approximate surface area is 112 Å². The van der Waals surface area contributed by atoms with E-state index >= 15 is 0 Å². The van der Waals surface area contributed by atoms with E-state index in [4.69, 9.17) is 5.73 Å². The molecule has 2 N–H and O–H groups in total. The second kappa shape index (κ2) is 6.63. The first-order valence-electron chi connectivity index (χ1n) is 7.04. The topological polar surface area (TPSA) is 26.0 Å². The number of allylic oxidation sites excluding steroid dienone is 2. The lowest BCUT2D eigenvalue weighted by Crippen LogP contribution is -2.12. The Morgan fingerprint density at radius 3 is 2.44 bits per heavy atom. The first kappa shape index (κ1) is 14.8. The predicted molar refractivity (Wildman–Crippen MR) is 82.4 cm³/mol. The molecule has 0 atom stereocenters. The molecule has 18 heavy (non-hydrogen) atoms. The molecule has 0 amide bonds. The Hall–Kier alpha value is -1.24. The molecule has 0 saturated heterocycles. The molecule has 1 aromatic rings. The van der Waals surface area contributed by atoms with E-state index < -0.39 is 0 Å². The largest absolute Gasteiger partial charge is 0.398 e. The van der Waals surface area contributed by atoms with Crippen LogP contribution in [0.2, 0.25) is 0 Å². The van der Waals surface area contributed by atoms with Crippen LogP contribution < -0.4 is 5.73 Å². The summed E-state index contributed by atoms with van der Waals surface area (Å²) in [5.74, 6) is 0. The highest BCUT2D eigenvalue weighted by molar-refractivity contribution is 5.75. The van der Waals surface area contributed by atoms with Gasteiger partial charge in [0.05, 0.1) is 0 Å². The van der Waals surface area contributed by atoms with Gasteiger partial charge in [0.1, 0.15) is 0 Å². The van der Waals surface area contributed by atoms with Crippen LogP contribution in [0.5, 0.6) is 0 Å². The molecule has 0 aromatic heterocycles. The second-order valence-corrected chi connectivity index (χ2v) is 5.82. The molecular weight excluding hydrogens is 218 g/mol. The van der Waals surface area contributed by atoms with Gasteiger partial charge in [-0.2, -0.15) is 0 Å². The maximum atomic E-state index is 6.10. The lowest BCUT2D eigenvalue weighted by molar-refractivity contribution is 0.341. The van der Waals surface area contributed by atoms with Crippen LogP contribution >= 0.6 is 0 Å². The third-order valence-electron chi connectivity index (χ3n) is 3.35. The third-order valence-corrected chi connectivity index (χ3v) is 3.35. The maximum Gasteiger partial charge on any atom is 0.0390 e. The predicted octanol–water partition coefficient (Wildman–Crippen LogP) is 5.28. The average molecular weight is 245 g/mol. The van der Waals surface area contributed by atoms with Gasteiger partial charge >= 0.3 is 0 Å². The van der Waals surface area contributed by atoms with E-state index in [2.05, 4.69) is 45.9 Å². The summed E-state index contributed by atoms with van der Waals surface area (Å²) in [4.78, 5) is 0. The van der Waals surface area contributed by atoms with Gasteiger partial charge in [0, 0.05) is 11.3 Å². The Morgan fingerprint density at radius 1 is 1.22 bits per heavy atom. The van der Waals surface area contributed by atoms with E-state index in [9.17, 15) is 0 Å². The highest BCUT2D eigenvalue weighted by Crippen LogP contribution is 2.36. The van der Waals surface area contributed by atoms with Crippen molar-refractivity contribution in [3.05, 3.63) is 35.9 Å². The van der Waals surface area contributed by atoms with E-state index in [-0.39, 0.29) is 0 Å². The Kier molecular flexibility index (Phi) is 5.46. The summed E-state index contributed by atoms with van der Waals surface area (Å²) < 4.78 is 0. The quantitative estimate of drug-likeness (QED) is 0.678. The molecule has 0 radical (unpaired) electrons. The molecule has 0 aliphatic carbocycles. The van der Waals surface area contributed by atoms with Crippen LogP contribution in [-0.4, -0.2) is 0 Å². The number of benzene rings is 1. The van der Waals surface area contributed by atoms with Crippen molar-refractivity contribution in [2.24, 2.45) is 5.41 Å². The van der Waals surface area contributed by atoms with Crippen LogP contribution in [0.3, 0.4) is 0 Å². The molecule has 1 nitrogen and oxygen atoms in total. The van der Waals surface area contributed by atoms with E-state index in [0.29, 0.717) is 5.41 Å². The van der Waals surface area contributed by atoms with E-state index in [1.54, 1.807) is 0 Å². The summed E-state index contributed by atoms with van der Waals surface area (Å²) in [6.07, 6.45) is 6.97. The van der Waals surface area contributed by atoms with E-state index in [0.717, 1.165) is 18.5 Å². The minimum atomic E-state index is 0.345. The number of nitrogens with two attached hydrogens (primary N) is 1. The van der Waals surface area contributed by atoms with Crippen LogP contribution in [0.4, 0.5) is 5.69 Å². The monoisotopic (exact) mass is 245 g/mol. The standard InChI is InChI=1S/C17H27N/c1-5-9-14(13-17(3,4)12-6-2)15-10-7-8-11-16(15)18/h7-11H,5-6,12-13,18H2,1-4H3/b14-9+. The Balaban J connectivity index is 2.99. The van der Waals surface area contributed by atoms with Gasteiger partial charge in [0.15, 0.2) is 0 Å². The Morgan fingerprint density at radius 2 is 1.89 bits per heavy atom. The molecule has 1 rings (SSSR count).